The number of Topliss-reactive ketones (excluding diaryl/α,β-unsaturated/α-hetero) is 1. The van der Waals surface area contributed by atoms with Crippen LogP contribution in [0, 0.1) is 0 Å². The molecule has 0 radical (unpaired) electrons. The van der Waals surface area contributed by atoms with Gasteiger partial charge in [-0.05, 0) is 18.4 Å². The summed E-state index contributed by atoms with van der Waals surface area (Å²) in [6.45, 7) is 2.40. The fourth-order valence-electron chi connectivity index (χ4n) is 3.69. The van der Waals surface area contributed by atoms with Crippen LogP contribution in [0.3, 0.4) is 0 Å². The molecule has 0 unspecified atom stereocenters. The molecular formula is C24H30N4O5. The zero-order chi connectivity index (χ0) is 24.0. The van der Waals surface area contributed by atoms with E-state index in [-0.39, 0.29) is 42.9 Å². The van der Waals surface area contributed by atoms with E-state index in [0.717, 1.165) is 17.4 Å². The highest BCUT2D eigenvalue weighted by atomic mass is 16.5. The van der Waals surface area contributed by atoms with Crippen LogP contribution in [-0.2, 0) is 36.6 Å². The molecule has 0 aliphatic heterocycles. The first-order valence-electron chi connectivity index (χ1n) is 11.2. The third-order valence-electron chi connectivity index (χ3n) is 5.71. The van der Waals surface area contributed by atoms with Crippen molar-refractivity contribution in [1.82, 2.24) is 18.7 Å². The molecule has 1 aromatic carbocycles. The van der Waals surface area contributed by atoms with E-state index >= 15 is 0 Å². The summed E-state index contributed by atoms with van der Waals surface area (Å²) < 4.78 is 9.09. The second-order valence-electron chi connectivity index (χ2n) is 8.11. The van der Waals surface area contributed by atoms with Crippen LogP contribution in [0.25, 0.3) is 11.2 Å². The monoisotopic (exact) mass is 454 g/mol. The lowest BCUT2D eigenvalue weighted by molar-refractivity contribution is -0.143. The van der Waals surface area contributed by atoms with Gasteiger partial charge in [0.15, 0.2) is 16.9 Å². The number of aromatic nitrogens is 4. The highest BCUT2D eigenvalue weighted by molar-refractivity contribution is 5.97. The third-order valence-corrected chi connectivity index (χ3v) is 5.71. The van der Waals surface area contributed by atoms with Gasteiger partial charge in [-0.25, -0.2) is 9.78 Å². The summed E-state index contributed by atoms with van der Waals surface area (Å²) in [4.78, 5) is 53.0. The van der Waals surface area contributed by atoms with Gasteiger partial charge in [-0.1, -0.05) is 44.0 Å². The maximum atomic E-state index is 12.4. The van der Waals surface area contributed by atoms with Crippen molar-refractivity contribution in [1.29, 1.82) is 0 Å². The van der Waals surface area contributed by atoms with E-state index in [0.29, 0.717) is 5.56 Å². The van der Waals surface area contributed by atoms with Crippen molar-refractivity contribution in [3.05, 3.63) is 62.6 Å². The molecule has 0 spiro atoms. The van der Waals surface area contributed by atoms with Crippen LogP contribution >= 0.6 is 0 Å². The van der Waals surface area contributed by atoms with Crippen LogP contribution in [0.4, 0.5) is 0 Å². The average Bonchev–Trinajstić information content (AvgIpc) is 3.24. The molecule has 0 saturated heterocycles. The number of fused-ring (bicyclic) bond motifs is 1. The Kier molecular flexibility index (Phi) is 7.97. The highest BCUT2D eigenvalue weighted by Crippen LogP contribution is 2.12. The molecule has 0 bridgehead atoms. The number of aryl methyl sites for hydroxylation is 2. The second-order valence-corrected chi connectivity index (χ2v) is 8.11. The van der Waals surface area contributed by atoms with Crippen LogP contribution in [0.2, 0.25) is 0 Å². The van der Waals surface area contributed by atoms with Gasteiger partial charge in [0.05, 0.1) is 19.3 Å². The molecule has 9 nitrogen and oxygen atoms in total. The lowest BCUT2D eigenvalue weighted by Crippen LogP contribution is -2.37. The maximum Gasteiger partial charge on any atom is 0.332 e. The number of unbranched alkanes of at least 4 members (excludes halogenated alkanes) is 2. The van der Waals surface area contributed by atoms with Crippen LogP contribution in [0.5, 0.6) is 0 Å². The van der Waals surface area contributed by atoms with E-state index in [1.165, 1.54) is 36.3 Å². The Labute approximate surface area is 191 Å². The highest BCUT2D eigenvalue weighted by Gasteiger charge is 2.15. The second kappa shape index (κ2) is 10.9. The van der Waals surface area contributed by atoms with Gasteiger partial charge in [-0.3, -0.25) is 23.5 Å². The Hall–Kier alpha value is -3.49. The predicted molar refractivity (Wildman–Crippen MR) is 124 cm³/mol. The molecule has 2 heterocycles. The number of nitrogens with zero attached hydrogens (tertiary/aromatic N) is 4. The van der Waals surface area contributed by atoms with E-state index in [1.54, 1.807) is 11.6 Å². The summed E-state index contributed by atoms with van der Waals surface area (Å²) in [5.41, 5.74) is 1.42. The third kappa shape index (κ3) is 5.66. The Balaban J connectivity index is 1.49. The average molecular weight is 455 g/mol. The summed E-state index contributed by atoms with van der Waals surface area (Å²) >= 11 is 0. The van der Waals surface area contributed by atoms with Crippen molar-refractivity contribution in [3.63, 3.8) is 0 Å². The summed E-state index contributed by atoms with van der Waals surface area (Å²) in [5, 5.41) is 0. The van der Waals surface area contributed by atoms with E-state index in [9.17, 15) is 19.2 Å². The molecule has 0 amide bonds. The molecule has 2 aromatic heterocycles. The first-order chi connectivity index (χ1) is 15.8. The lowest BCUT2D eigenvalue weighted by atomic mass is 10.0. The first-order valence-corrected chi connectivity index (χ1v) is 11.2. The topological polar surface area (TPSA) is 105 Å². The number of hydrogen-bond donors (Lipinski definition) is 0. The normalized spacial score (nSPS) is 11.1. The predicted octanol–water partition coefficient (Wildman–Crippen LogP) is 2.37. The Morgan fingerprint density at radius 2 is 1.73 bits per heavy atom. The Bertz CT molecular complexity index is 1250. The van der Waals surface area contributed by atoms with Crippen molar-refractivity contribution in [2.45, 2.75) is 52.0 Å². The molecule has 3 rings (SSSR count). The van der Waals surface area contributed by atoms with Crippen LogP contribution in [0.1, 0.15) is 54.9 Å². The molecule has 0 aliphatic rings. The van der Waals surface area contributed by atoms with Gasteiger partial charge in [0, 0.05) is 26.1 Å². The molecule has 176 valence electrons. The van der Waals surface area contributed by atoms with Gasteiger partial charge < -0.3 is 9.30 Å². The number of carbonyl (C=O) groups is 2. The minimum atomic E-state index is -0.482. The van der Waals surface area contributed by atoms with Crippen LogP contribution in [0.15, 0.2) is 40.2 Å². The van der Waals surface area contributed by atoms with Crippen molar-refractivity contribution < 1.29 is 14.3 Å². The molecule has 0 N–H and O–H groups in total. The standard InChI is InChI=1S/C24H30N4O5/c1-4-5-6-7-17-8-10-18(11-9-17)19(29)12-13-20(30)33-15-14-28-16-25-22-21(28)23(31)27(3)24(32)26(22)2/h8-11,16H,4-7,12-15H2,1-3H3. The fourth-order valence-corrected chi connectivity index (χ4v) is 3.69. The van der Waals surface area contributed by atoms with E-state index < -0.39 is 17.2 Å². The Morgan fingerprint density at radius 1 is 1.00 bits per heavy atom. The number of carbonyl (C=O) groups excluding carboxylic acids is 2. The minimum Gasteiger partial charge on any atom is -0.464 e. The number of rotatable bonds is 11. The Morgan fingerprint density at radius 3 is 2.42 bits per heavy atom. The van der Waals surface area contributed by atoms with E-state index in [1.807, 2.05) is 24.3 Å². The zero-order valence-electron chi connectivity index (χ0n) is 19.4. The molecule has 0 saturated carbocycles. The SMILES string of the molecule is CCCCCc1ccc(C(=O)CCC(=O)OCCn2cnc3c2c(=O)n(C)c(=O)n3C)cc1. The van der Waals surface area contributed by atoms with Gasteiger partial charge >= 0.3 is 11.7 Å². The number of ether oxygens (including phenoxy) is 1. The maximum absolute atomic E-state index is 12.4. The molecule has 33 heavy (non-hydrogen) atoms. The quantitative estimate of drug-likeness (QED) is 0.250. The molecule has 9 heteroatoms. The summed E-state index contributed by atoms with van der Waals surface area (Å²) in [6, 6.07) is 7.56. The smallest absolute Gasteiger partial charge is 0.332 e. The van der Waals surface area contributed by atoms with E-state index in [2.05, 4.69) is 11.9 Å². The van der Waals surface area contributed by atoms with Crippen molar-refractivity contribution in [2.24, 2.45) is 14.1 Å². The van der Waals surface area contributed by atoms with Gasteiger partial charge in [0.1, 0.15) is 6.61 Å². The minimum absolute atomic E-state index is 0.0158. The molecule has 0 atom stereocenters. The first kappa shape index (κ1) is 24.2. The number of imidazole rings is 1. The van der Waals surface area contributed by atoms with E-state index in [4.69, 9.17) is 4.74 Å². The number of esters is 1. The molecule has 0 fully saturated rings. The van der Waals surface area contributed by atoms with Crippen LogP contribution in [-0.4, -0.2) is 37.0 Å². The van der Waals surface area contributed by atoms with Gasteiger partial charge in [0.25, 0.3) is 5.56 Å². The summed E-state index contributed by atoms with van der Waals surface area (Å²) in [5.74, 6) is -0.582. The molecular weight excluding hydrogens is 424 g/mol. The summed E-state index contributed by atoms with van der Waals surface area (Å²) in [6.07, 6.45) is 6.00. The van der Waals surface area contributed by atoms with Gasteiger partial charge in [-0.15, -0.1) is 0 Å². The van der Waals surface area contributed by atoms with Gasteiger partial charge in [-0.2, -0.15) is 0 Å². The van der Waals surface area contributed by atoms with Gasteiger partial charge in [0.2, 0.25) is 0 Å². The zero-order valence-corrected chi connectivity index (χ0v) is 19.4. The van der Waals surface area contributed by atoms with Crippen molar-refractivity contribution >= 4 is 22.9 Å². The molecule has 3 aromatic rings. The largest absolute Gasteiger partial charge is 0.464 e. The fraction of sp³-hybridized carbons (Fsp3) is 0.458. The molecule has 0 aliphatic carbocycles. The van der Waals surface area contributed by atoms with Crippen molar-refractivity contribution in [3.8, 4) is 0 Å². The van der Waals surface area contributed by atoms with Crippen LogP contribution < -0.4 is 11.2 Å². The van der Waals surface area contributed by atoms with Crippen molar-refractivity contribution in [2.75, 3.05) is 6.61 Å². The number of ketones is 1. The summed E-state index contributed by atoms with van der Waals surface area (Å²) in [7, 11) is 2.94. The number of benzene rings is 1. The lowest BCUT2D eigenvalue weighted by Gasteiger charge is -2.08. The number of hydrogen-bond acceptors (Lipinski definition) is 6.